The van der Waals surface area contributed by atoms with Crippen molar-refractivity contribution in [3.8, 4) is 0 Å². The third-order valence-corrected chi connectivity index (χ3v) is 5.43. The summed E-state index contributed by atoms with van der Waals surface area (Å²) in [6.07, 6.45) is 3.77. The molecule has 21 heavy (non-hydrogen) atoms. The van der Waals surface area contributed by atoms with Crippen LogP contribution in [0.25, 0.3) is 0 Å². The van der Waals surface area contributed by atoms with Gasteiger partial charge in [0.05, 0.1) is 5.69 Å². The van der Waals surface area contributed by atoms with Crippen LogP contribution in [0.1, 0.15) is 41.8 Å². The van der Waals surface area contributed by atoms with E-state index < -0.39 is 0 Å². The molecule has 1 aliphatic heterocycles. The Morgan fingerprint density at radius 1 is 1.33 bits per heavy atom. The van der Waals surface area contributed by atoms with Crippen LogP contribution in [0.5, 0.6) is 0 Å². The van der Waals surface area contributed by atoms with Crippen LogP contribution in [0.15, 0.2) is 24.3 Å². The number of hydrogen-bond donors (Lipinski definition) is 1. The molecule has 4 heteroatoms. The highest BCUT2D eigenvalue weighted by Crippen LogP contribution is 2.46. The van der Waals surface area contributed by atoms with Gasteiger partial charge in [-0.1, -0.05) is 36.5 Å². The minimum Gasteiger partial charge on any atom is -0.317 e. The number of benzene rings is 1. The first-order valence-corrected chi connectivity index (χ1v) is 8.74. The van der Waals surface area contributed by atoms with Gasteiger partial charge >= 0.3 is 0 Å². The summed E-state index contributed by atoms with van der Waals surface area (Å²) >= 11 is 1.88. The van der Waals surface area contributed by atoms with Crippen LogP contribution >= 0.6 is 11.3 Å². The Kier molecular flexibility index (Phi) is 3.43. The smallest absolute Gasteiger partial charge is 0.190 e. The molecule has 2 aliphatic rings. The summed E-state index contributed by atoms with van der Waals surface area (Å²) in [5.74, 6) is 0.724. The summed E-state index contributed by atoms with van der Waals surface area (Å²) in [6, 6.07) is 8.73. The lowest BCUT2D eigenvalue weighted by molar-refractivity contribution is 0.726. The average molecular weight is 299 g/mol. The van der Waals surface area contributed by atoms with Gasteiger partial charge in [0.25, 0.3) is 0 Å². The second-order valence-corrected chi connectivity index (χ2v) is 6.95. The van der Waals surface area contributed by atoms with Gasteiger partial charge in [0.2, 0.25) is 0 Å². The maximum Gasteiger partial charge on any atom is 0.190 e. The van der Waals surface area contributed by atoms with E-state index in [4.69, 9.17) is 4.98 Å². The molecule has 0 radical (unpaired) electrons. The molecule has 1 saturated carbocycles. The first kappa shape index (κ1) is 13.3. The molecular weight excluding hydrogens is 278 g/mol. The van der Waals surface area contributed by atoms with Crippen molar-refractivity contribution < 1.29 is 0 Å². The number of thiazole rings is 1. The van der Waals surface area contributed by atoms with Crippen molar-refractivity contribution in [3.63, 3.8) is 0 Å². The zero-order valence-electron chi connectivity index (χ0n) is 12.4. The second kappa shape index (κ2) is 5.43. The van der Waals surface area contributed by atoms with Crippen molar-refractivity contribution in [2.45, 2.75) is 38.6 Å². The predicted molar refractivity (Wildman–Crippen MR) is 88.6 cm³/mol. The number of nitrogens with zero attached hydrogens (tertiary/aromatic N) is 2. The molecule has 0 saturated heterocycles. The fourth-order valence-corrected chi connectivity index (χ4v) is 4.20. The number of anilines is 2. The van der Waals surface area contributed by atoms with E-state index >= 15 is 0 Å². The molecular formula is C17H21N3S. The van der Waals surface area contributed by atoms with Gasteiger partial charge in [-0.3, -0.25) is 0 Å². The quantitative estimate of drug-likeness (QED) is 0.909. The topological polar surface area (TPSA) is 28.2 Å². The Balaban J connectivity index is 1.66. The van der Waals surface area contributed by atoms with Crippen molar-refractivity contribution in [2.75, 3.05) is 18.0 Å². The van der Waals surface area contributed by atoms with Crippen LogP contribution in [-0.4, -0.2) is 18.1 Å². The summed E-state index contributed by atoms with van der Waals surface area (Å²) in [5.41, 5.74) is 4.16. The van der Waals surface area contributed by atoms with Crippen molar-refractivity contribution in [3.05, 3.63) is 40.4 Å². The molecule has 1 N–H and O–H groups in total. The highest BCUT2D eigenvalue weighted by Gasteiger charge is 2.31. The van der Waals surface area contributed by atoms with Gasteiger partial charge in [-0.2, -0.15) is 0 Å². The number of para-hydroxylation sites is 1. The Morgan fingerprint density at radius 2 is 2.19 bits per heavy atom. The Morgan fingerprint density at radius 3 is 3.00 bits per heavy atom. The minimum atomic E-state index is 0.724. The van der Waals surface area contributed by atoms with E-state index in [1.165, 1.54) is 39.8 Å². The van der Waals surface area contributed by atoms with Crippen LogP contribution in [0.4, 0.5) is 10.8 Å². The molecule has 3 nitrogen and oxygen atoms in total. The molecule has 0 unspecified atom stereocenters. The van der Waals surface area contributed by atoms with Crippen molar-refractivity contribution in [1.82, 2.24) is 10.3 Å². The molecule has 2 heterocycles. The lowest BCUT2D eigenvalue weighted by Gasteiger charge is -2.15. The van der Waals surface area contributed by atoms with E-state index in [0.29, 0.717) is 0 Å². The largest absolute Gasteiger partial charge is 0.317 e. The SMILES string of the molecule is CCNCc1sc(N2CCc3ccccc32)nc1C1CC1. The molecule has 2 aromatic rings. The molecule has 110 valence electrons. The maximum atomic E-state index is 5.01. The van der Waals surface area contributed by atoms with Crippen molar-refractivity contribution >= 4 is 22.2 Å². The van der Waals surface area contributed by atoms with Crippen LogP contribution in [0.2, 0.25) is 0 Å². The monoisotopic (exact) mass is 299 g/mol. The van der Waals surface area contributed by atoms with Crippen molar-refractivity contribution in [1.29, 1.82) is 0 Å². The molecule has 1 aromatic carbocycles. The Labute approximate surface area is 130 Å². The summed E-state index contributed by atoms with van der Waals surface area (Å²) in [7, 11) is 0. The Bertz CT molecular complexity index is 645. The highest BCUT2D eigenvalue weighted by molar-refractivity contribution is 7.15. The van der Waals surface area contributed by atoms with E-state index in [2.05, 4.69) is 41.4 Å². The van der Waals surface area contributed by atoms with Gasteiger partial charge in [-0.15, -0.1) is 0 Å². The molecule has 1 aliphatic carbocycles. The first-order chi connectivity index (χ1) is 10.4. The maximum absolute atomic E-state index is 5.01. The molecule has 0 atom stereocenters. The van der Waals surface area contributed by atoms with Crippen molar-refractivity contribution in [2.24, 2.45) is 0 Å². The van der Waals surface area contributed by atoms with Gasteiger partial charge in [-0.25, -0.2) is 4.98 Å². The third-order valence-electron chi connectivity index (χ3n) is 4.33. The van der Waals surface area contributed by atoms with Crippen LogP contribution in [-0.2, 0) is 13.0 Å². The van der Waals surface area contributed by atoms with Gasteiger partial charge in [0.1, 0.15) is 0 Å². The lowest BCUT2D eigenvalue weighted by atomic mass is 10.2. The number of nitrogens with one attached hydrogen (secondary N) is 1. The summed E-state index contributed by atoms with van der Waals surface area (Å²) < 4.78 is 0. The van der Waals surface area contributed by atoms with E-state index in [1.807, 2.05) is 11.3 Å². The van der Waals surface area contributed by atoms with Crippen LogP contribution in [0, 0.1) is 0 Å². The molecule has 0 bridgehead atoms. The van der Waals surface area contributed by atoms with Gasteiger partial charge < -0.3 is 10.2 Å². The minimum absolute atomic E-state index is 0.724. The van der Waals surface area contributed by atoms with E-state index in [0.717, 1.165) is 32.0 Å². The molecule has 4 rings (SSSR count). The van der Waals surface area contributed by atoms with Gasteiger partial charge in [0.15, 0.2) is 5.13 Å². The third kappa shape index (κ3) is 2.47. The fraction of sp³-hybridized carbons (Fsp3) is 0.471. The van der Waals surface area contributed by atoms with E-state index in [9.17, 15) is 0 Å². The lowest BCUT2D eigenvalue weighted by Crippen LogP contribution is -2.12. The zero-order valence-corrected chi connectivity index (χ0v) is 13.2. The second-order valence-electron chi connectivity index (χ2n) is 5.89. The van der Waals surface area contributed by atoms with Crippen LogP contribution < -0.4 is 10.2 Å². The summed E-state index contributed by atoms with van der Waals surface area (Å²) in [5, 5.41) is 4.65. The number of rotatable bonds is 5. The summed E-state index contributed by atoms with van der Waals surface area (Å²) in [4.78, 5) is 8.86. The first-order valence-electron chi connectivity index (χ1n) is 7.92. The average Bonchev–Trinajstić information content (AvgIpc) is 3.13. The molecule has 1 aromatic heterocycles. The zero-order chi connectivity index (χ0) is 14.2. The molecule has 0 spiro atoms. The van der Waals surface area contributed by atoms with Gasteiger partial charge in [-0.05, 0) is 37.4 Å². The van der Waals surface area contributed by atoms with Gasteiger partial charge in [0, 0.05) is 29.6 Å². The van der Waals surface area contributed by atoms with E-state index in [-0.39, 0.29) is 0 Å². The molecule has 0 amide bonds. The predicted octanol–water partition coefficient (Wildman–Crippen LogP) is 3.82. The number of hydrogen-bond acceptors (Lipinski definition) is 4. The highest BCUT2D eigenvalue weighted by atomic mass is 32.1. The number of aromatic nitrogens is 1. The molecule has 1 fully saturated rings. The Hall–Kier alpha value is -1.39. The summed E-state index contributed by atoms with van der Waals surface area (Å²) in [6.45, 7) is 5.21. The normalized spacial score (nSPS) is 17.3. The van der Waals surface area contributed by atoms with Crippen LogP contribution in [0.3, 0.4) is 0 Å². The number of fused-ring (bicyclic) bond motifs is 1. The fourth-order valence-electron chi connectivity index (χ4n) is 3.04. The van der Waals surface area contributed by atoms with E-state index in [1.54, 1.807) is 0 Å². The standard InChI is InChI=1S/C17H21N3S/c1-2-18-11-15-16(13-7-8-13)19-17(21-15)20-10-9-12-5-3-4-6-14(12)20/h3-6,13,18H,2,7-11H2,1H3.